The van der Waals surface area contributed by atoms with Crippen molar-refractivity contribution >= 4 is 50.8 Å². The van der Waals surface area contributed by atoms with Crippen molar-refractivity contribution in [3.8, 4) is 5.75 Å². The number of ether oxygens (including phenoxy) is 1. The molecule has 0 amide bonds. The standard InChI is InChI=1S/C25H18N2O2S2/c26-24-22(25-27-12-13-30-25)23(28)21(31-24)14-19-18-9-5-4-8-17(18)10-11-20(19)29-15-16-6-2-1-3-7-16/h1-14,22,26H,15H2/b21-14-,26-24?/t22-/m1/s1. The first kappa shape index (κ1) is 19.7. The Hall–Kier alpha value is -3.22. The first-order valence-electron chi connectivity index (χ1n) is 9.81. The fraction of sp³-hybridized carbons (Fsp3) is 0.0800. The van der Waals surface area contributed by atoms with Gasteiger partial charge in [0, 0.05) is 17.1 Å². The fourth-order valence-corrected chi connectivity index (χ4v) is 5.39. The molecule has 0 aliphatic carbocycles. The van der Waals surface area contributed by atoms with Gasteiger partial charge in [0.25, 0.3) is 0 Å². The third-order valence-corrected chi connectivity index (χ3v) is 6.96. The molecule has 5 rings (SSSR count). The number of hydrogen-bond donors (Lipinski definition) is 1. The zero-order chi connectivity index (χ0) is 21.2. The summed E-state index contributed by atoms with van der Waals surface area (Å²) < 4.78 is 6.17. The Morgan fingerprint density at radius 3 is 2.65 bits per heavy atom. The molecule has 1 atom stereocenters. The Balaban J connectivity index is 1.55. The van der Waals surface area contributed by atoms with Crippen LogP contribution in [0.5, 0.6) is 5.75 Å². The molecule has 1 aliphatic heterocycles. The number of Topliss-reactive ketones (excluding diaryl/α,β-unsaturated/α-hetero) is 1. The van der Waals surface area contributed by atoms with Gasteiger partial charge in [0.05, 0.1) is 9.95 Å². The summed E-state index contributed by atoms with van der Waals surface area (Å²) in [5.74, 6) is 0.0412. The minimum atomic E-state index is -0.597. The van der Waals surface area contributed by atoms with Crippen LogP contribution in [0.15, 0.2) is 83.2 Å². The van der Waals surface area contributed by atoms with E-state index in [0.717, 1.165) is 21.9 Å². The normalized spacial score (nSPS) is 17.5. The molecule has 0 radical (unpaired) electrons. The van der Waals surface area contributed by atoms with Gasteiger partial charge in [-0.15, -0.1) is 11.3 Å². The van der Waals surface area contributed by atoms with Gasteiger partial charge in [-0.1, -0.05) is 72.4 Å². The van der Waals surface area contributed by atoms with Crippen molar-refractivity contribution in [1.29, 1.82) is 5.41 Å². The van der Waals surface area contributed by atoms with Gasteiger partial charge in [0.2, 0.25) is 0 Å². The number of carbonyl (C=O) groups is 1. The number of nitrogens with zero attached hydrogens (tertiary/aromatic N) is 1. The number of benzene rings is 3. The molecule has 1 saturated heterocycles. The quantitative estimate of drug-likeness (QED) is 0.369. The molecule has 1 N–H and O–H groups in total. The summed E-state index contributed by atoms with van der Waals surface area (Å²) in [7, 11) is 0. The predicted molar refractivity (Wildman–Crippen MR) is 128 cm³/mol. The van der Waals surface area contributed by atoms with E-state index in [9.17, 15) is 4.79 Å². The lowest BCUT2D eigenvalue weighted by atomic mass is 10.0. The average Bonchev–Trinajstić information content (AvgIpc) is 3.41. The van der Waals surface area contributed by atoms with Crippen molar-refractivity contribution < 1.29 is 9.53 Å². The summed E-state index contributed by atoms with van der Waals surface area (Å²) in [6.45, 7) is 0.438. The zero-order valence-corrected chi connectivity index (χ0v) is 18.1. The van der Waals surface area contributed by atoms with Crippen LogP contribution in [-0.2, 0) is 11.4 Å². The van der Waals surface area contributed by atoms with Gasteiger partial charge in [-0.25, -0.2) is 4.98 Å². The molecule has 31 heavy (non-hydrogen) atoms. The minimum Gasteiger partial charge on any atom is -0.488 e. The van der Waals surface area contributed by atoms with Gasteiger partial charge < -0.3 is 4.74 Å². The summed E-state index contributed by atoms with van der Waals surface area (Å²) in [6, 6.07) is 22.0. The monoisotopic (exact) mass is 442 g/mol. The van der Waals surface area contributed by atoms with E-state index in [-0.39, 0.29) is 5.78 Å². The van der Waals surface area contributed by atoms with Crippen LogP contribution in [0.1, 0.15) is 22.1 Å². The van der Waals surface area contributed by atoms with E-state index in [2.05, 4.69) is 4.98 Å². The third-order valence-electron chi connectivity index (χ3n) is 5.13. The van der Waals surface area contributed by atoms with Crippen molar-refractivity contribution in [3.63, 3.8) is 0 Å². The highest BCUT2D eigenvalue weighted by atomic mass is 32.2. The topological polar surface area (TPSA) is 63.0 Å². The molecule has 6 heteroatoms. The highest BCUT2D eigenvalue weighted by Crippen LogP contribution is 2.43. The van der Waals surface area contributed by atoms with Gasteiger partial charge in [0.1, 0.15) is 23.3 Å². The van der Waals surface area contributed by atoms with E-state index in [4.69, 9.17) is 10.1 Å². The van der Waals surface area contributed by atoms with Crippen molar-refractivity contribution in [3.05, 3.63) is 99.3 Å². The highest BCUT2D eigenvalue weighted by Gasteiger charge is 2.38. The molecule has 0 bridgehead atoms. The van der Waals surface area contributed by atoms with Crippen molar-refractivity contribution in [2.75, 3.05) is 0 Å². The number of aromatic nitrogens is 1. The largest absolute Gasteiger partial charge is 0.488 e. The van der Waals surface area contributed by atoms with Crippen LogP contribution in [0.3, 0.4) is 0 Å². The molecule has 4 aromatic rings. The second-order valence-corrected chi connectivity index (χ2v) is 9.13. The molecule has 1 aliphatic rings. The molecule has 152 valence electrons. The molecular formula is C25H18N2O2S2. The van der Waals surface area contributed by atoms with Crippen LogP contribution >= 0.6 is 23.1 Å². The van der Waals surface area contributed by atoms with E-state index < -0.39 is 5.92 Å². The van der Waals surface area contributed by atoms with Crippen LogP contribution in [0.4, 0.5) is 0 Å². The molecule has 1 aromatic heterocycles. The lowest BCUT2D eigenvalue weighted by Crippen LogP contribution is -2.11. The molecule has 0 spiro atoms. The summed E-state index contributed by atoms with van der Waals surface area (Å²) in [5, 5.41) is 13.3. The summed E-state index contributed by atoms with van der Waals surface area (Å²) >= 11 is 2.62. The molecule has 4 nitrogen and oxygen atoms in total. The lowest BCUT2D eigenvalue weighted by molar-refractivity contribution is -0.114. The van der Waals surface area contributed by atoms with Crippen LogP contribution in [0, 0.1) is 5.41 Å². The van der Waals surface area contributed by atoms with E-state index >= 15 is 0 Å². The van der Waals surface area contributed by atoms with Crippen LogP contribution in [-0.4, -0.2) is 15.8 Å². The van der Waals surface area contributed by atoms with Gasteiger partial charge in [-0.2, -0.15) is 0 Å². The number of thioether (sulfide) groups is 1. The Labute approximate surface area is 188 Å². The Bertz CT molecular complexity index is 1300. The summed E-state index contributed by atoms with van der Waals surface area (Å²) in [5.41, 5.74) is 1.93. The molecule has 1 fully saturated rings. The minimum absolute atomic E-state index is 0.0770. The van der Waals surface area contributed by atoms with E-state index in [1.807, 2.05) is 78.2 Å². The smallest absolute Gasteiger partial charge is 0.186 e. The number of allylic oxidation sites excluding steroid dienone is 1. The van der Waals surface area contributed by atoms with Crippen molar-refractivity contribution in [1.82, 2.24) is 4.98 Å². The van der Waals surface area contributed by atoms with Gasteiger partial charge >= 0.3 is 0 Å². The molecule has 0 saturated carbocycles. The van der Waals surface area contributed by atoms with E-state index in [1.54, 1.807) is 6.20 Å². The maximum absolute atomic E-state index is 13.1. The van der Waals surface area contributed by atoms with E-state index in [1.165, 1.54) is 23.1 Å². The second-order valence-electron chi connectivity index (χ2n) is 7.12. The number of thiazole rings is 1. The number of ketones is 1. The first-order valence-corrected chi connectivity index (χ1v) is 11.5. The van der Waals surface area contributed by atoms with Crippen molar-refractivity contribution in [2.24, 2.45) is 0 Å². The van der Waals surface area contributed by atoms with Crippen molar-refractivity contribution in [2.45, 2.75) is 12.5 Å². The van der Waals surface area contributed by atoms with Gasteiger partial charge in [-0.05, 0) is 28.5 Å². The Morgan fingerprint density at radius 1 is 1.03 bits per heavy atom. The third kappa shape index (κ3) is 3.92. The molecule has 3 aromatic carbocycles. The predicted octanol–water partition coefficient (Wildman–Crippen LogP) is 6.29. The Kier molecular flexibility index (Phi) is 5.40. The fourth-order valence-electron chi connectivity index (χ4n) is 3.61. The number of rotatable bonds is 5. The maximum Gasteiger partial charge on any atom is 0.186 e. The molecular weight excluding hydrogens is 424 g/mol. The van der Waals surface area contributed by atoms with Crippen LogP contribution in [0.2, 0.25) is 0 Å². The first-order chi connectivity index (χ1) is 15.2. The second kappa shape index (κ2) is 8.49. The van der Waals surface area contributed by atoms with E-state index in [0.29, 0.717) is 27.3 Å². The SMILES string of the molecule is N=C1S/C(=C\c2c(OCc3ccccc3)ccc3ccccc23)C(=O)[C@H]1c1nccs1. The summed E-state index contributed by atoms with van der Waals surface area (Å²) in [4.78, 5) is 18.0. The average molecular weight is 443 g/mol. The maximum atomic E-state index is 13.1. The summed E-state index contributed by atoms with van der Waals surface area (Å²) in [6.07, 6.45) is 3.55. The van der Waals surface area contributed by atoms with Gasteiger partial charge in [-0.3, -0.25) is 10.2 Å². The molecule has 0 unspecified atom stereocenters. The molecule has 2 heterocycles. The number of fused-ring (bicyclic) bond motifs is 1. The lowest BCUT2D eigenvalue weighted by Gasteiger charge is -2.13. The van der Waals surface area contributed by atoms with Crippen LogP contribution < -0.4 is 4.74 Å². The Morgan fingerprint density at radius 2 is 1.84 bits per heavy atom. The number of carbonyl (C=O) groups excluding carboxylic acids is 1. The van der Waals surface area contributed by atoms with Crippen LogP contribution in [0.25, 0.3) is 16.8 Å². The van der Waals surface area contributed by atoms with Gasteiger partial charge in [0.15, 0.2) is 5.78 Å². The number of nitrogens with one attached hydrogen (secondary N) is 1. The number of hydrogen-bond acceptors (Lipinski definition) is 6. The zero-order valence-electron chi connectivity index (χ0n) is 16.4. The highest BCUT2D eigenvalue weighted by molar-refractivity contribution is 8.19.